The molecule has 0 N–H and O–H groups in total. The second-order valence-electron chi connectivity index (χ2n) is 10.0. The molecular weight excluding hydrogens is 446 g/mol. The molecule has 0 unspecified atom stereocenters. The van der Waals surface area contributed by atoms with Gasteiger partial charge >= 0.3 is 0 Å². The van der Waals surface area contributed by atoms with E-state index >= 15 is 0 Å². The number of hydrogen-bond donors (Lipinski definition) is 0. The van der Waals surface area contributed by atoms with Crippen LogP contribution in [0.25, 0.3) is 11.3 Å². The fourth-order valence-corrected chi connectivity index (χ4v) is 5.45. The number of anilines is 1. The molecular formula is C27H33N3O5. The summed E-state index contributed by atoms with van der Waals surface area (Å²) in [5.74, 6) is 1.22. The maximum Gasteiger partial charge on any atom is 0.225 e. The average Bonchev–Trinajstić information content (AvgIpc) is 3.75. The van der Waals surface area contributed by atoms with E-state index in [1.165, 1.54) is 11.3 Å². The number of rotatable bonds is 5. The van der Waals surface area contributed by atoms with Crippen molar-refractivity contribution in [1.29, 1.82) is 0 Å². The number of carbonyl (C=O) groups is 1. The summed E-state index contributed by atoms with van der Waals surface area (Å²) in [5, 5.41) is 0. The molecule has 35 heavy (non-hydrogen) atoms. The molecule has 2 saturated heterocycles. The molecule has 186 valence electrons. The van der Waals surface area contributed by atoms with Crippen LogP contribution in [0.3, 0.4) is 0 Å². The number of amides is 1. The van der Waals surface area contributed by atoms with E-state index < -0.39 is 0 Å². The lowest BCUT2D eigenvalue weighted by molar-refractivity contribution is -0.132. The van der Waals surface area contributed by atoms with Crippen molar-refractivity contribution in [1.82, 2.24) is 9.47 Å². The number of piperazine rings is 1. The Kier molecular flexibility index (Phi) is 6.02. The highest BCUT2D eigenvalue weighted by atomic mass is 16.6. The van der Waals surface area contributed by atoms with E-state index in [0.717, 1.165) is 68.8 Å². The van der Waals surface area contributed by atoms with Crippen LogP contribution in [0.4, 0.5) is 5.69 Å². The first kappa shape index (κ1) is 22.6. The third kappa shape index (κ3) is 4.45. The summed E-state index contributed by atoms with van der Waals surface area (Å²) in [6.45, 7) is 8.02. The molecule has 1 atom stereocenters. The van der Waals surface area contributed by atoms with Gasteiger partial charge in [-0.1, -0.05) is 6.07 Å². The molecule has 1 aromatic heterocycles. The number of nitrogens with zero attached hydrogens (tertiary/aromatic N) is 3. The smallest absolute Gasteiger partial charge is 0.225 e. The molecule has 4 heterocycles. The van der Waals surface area contributed by atoms with Crippen LogP contribution in [0.15, 0.2) is 29.1 Å². The summed E-state index contributed by atoms with van der Waals surface area (Å²) < 4.78 is 19.4. The van der Waals surface area contributed by atoms with Crippen molar-refractivity contribution < 1.29 is 19.0 Å². The lowest BCUT2D eigenvalue weighted by Crippen LogP contribution is -2.49. The number of aryl methyl sites for hydroxylation is 1. The van der Waals surface area contributed by atoms with E-state index in [-0.39, 0.29) is 17.5 Å². The molecule has 1 aromatic carbocycles. The Morgan fingerprint density at radius 3 is 2.66 bits per heavy atom. The third-order valence-electron chi connectivity index (χ3n) is 7.65. The quantitative estimate of drug-likeness (QED) is 0.655. The van der Waals surface area contributed by atoms with Crippen LogP contribution in [0.2, 0.25) is 0 Å². The summed E-state index contributed by atoms with van der Waals surface area (Å²) >= 11 is 0. The molecule has 2 aromatic rings. The topological polar surface area (TPSA) is 73.2 Å². The molecule has 0 radical (unpaired) electrons. The van der Waals surface area contributed by atoms with E-state index in [9.17, 15) is 9.59 Å². The van der Waals surface area contributed by atoms with Crippen molar-refractivity contribution in [2.24, 2.45) is 5.92 Å². The first-order valence-electron chi connectivity index (χ1n) is 12.8. The summed E-state index contributed by atoms with van der Waals surface area (Å²) in [7, 11) is 0. The zero-order valence-corrected chi connectivity index (χ0v) is 20.3. The van der Waals surface area contributed by atoms with E-state index in [4.69, 9.17) is 14.2 Å². The molecule has 0 bridgehead atoms. The van der Waals surface area contributed by atoms with Gasteiger partial charge in [0.15, 0.2) is 11.3 Å². The van der Waals surface area contributed by atoms with E-state index in [2.05, 4.69) is 27.7 Å². The van der Waals surface area contributed by atoms with Gasteiger partial charge in [0.2, 0.25) is 5.91 Å². The van der Waals surface area contributed by atoms with Crippen molar-refractivity contribution in [3.63, 3.8) is 0 Å². The molecule has 8 nitrogen and oxygen atoms in total. The predicted molar refractivity (Wildman–Crippen MR) is 132 cm³/mol. The minimum absolute atomic E-state index is 0.0135. The Morgan fingerprint density at radius 2 is 1.91 bits per heavy atom. The maximum atomic E-state index is 12.8. The highest BCUT2D eigenvalue weighted by Gasteiger charge is 2.34. The lowest BCUT2D eigenvalue weighted by Gasteiger charge is -2.37. The van der Waals surface area contributed by atoms with Gasteiger partial charge in [-0.2, -0.15) is 0 Å². The molecule has 1 amide bonds. The molecule has 1 aliphatic carbocycles. The minimum Gasteiger partial charge on any atom is -0.476 e. The van der Waals surface area contributed by atoms with E-state index in [1.54, 1.807) is 6.07 Å². The zero-order valence-electron chi connectivity index (χ0n) is 20.3. The zero-order chi connectivity index (χ0) is 23.9. The van der Waals surface area contributed by atoms with Crippen LogP contribution in [-0.4, -0.2) is 74.1 Å². The number of carbonyl (C=O) groups excluding carboxylic acids is 1. The minimum atomic E-state index is -0.116. The van der Waals surface area contributed by atoms with Gasteiger partial charge in [0.05, 0.1) is 25.5 Å². The van der Waals surface area contributed by atoms with Crippen LogP contribution in [0, 0.1) is 12.8 Å². The molecule has 6 rings (SSSR count). The Morgan fingerprint density at radius 1 is 1.09 bits per heavy atom. The van der Waals surface area contributed by atoms with Crippen molar-refractivity contribution in [3.8, 4) is 17.1 Å². The van der Waals surface area contributed by atoms with Crippen molar-refractivity contribution in [3.05, 3.63) is 45.6 Å². The van der Waals surface area contributed by atoms with Crippen molar-refractivity contribution in [2.45, 2.75) is 38.8 Å². The van der Waals surface area contributed by atoms with Gasteiger partial charge in [0.1, 0.15) is 12.7 Å². The standard InChI is InChI=1S/C27H33N3O5/c1-18-24(31)15-25(35-17-22-16-33-12-13-34-22)30-7-6-20-14-21(4-5-23(20)26(18)30)28-8-10-29(11-9-28)27(32)19-2-3-19/h4-5,14-15,19,22H,2-3,6-13,16-17H2,1H3/t22-/m0/s1. The average molecular weight is 480 g/mol. The van der Waals surface area contributed by atoms with Crippen LogP contribution in [0.5, 0.6) is 5.88 Å². The van der Waals surface area contributed by atoms with Gasteiger partial charge in [-0.3, -0.25) is 9.59 Å². The maximum absolute atomic E-state index is 12.8. The van der Waals surface area contributed by atoms with Gasteiger partial charge < -0.3 is 28.6 Å². The fourth-order valence-electron chi connectivity index (χ4n) is 5.45. The van der Waals surface area contributed by atoms with Gasteiger partial charge in [-0.15, -0.1) is 0 Å². The summed E-state index contributed by atoms with van der Waals surface area (Å²) in [6, 6.07) is 8.16. The summed E-state index contributed by atoms with van der Waals surface area (Å²) in [4.78, 5) is 29.6. The van der Waals surface area contributed by atoms with Gasteiger partial charge in [0.25, 0.3) is 0 Å². The highest BCUT2D eigenvalue weighted by Crippen LogP contribution is 2.36. The molecule has 3 aliphatic heterocycles. The first-order valence-corrected chi connectivity index (χ1v) is 12.8. The first-order chi connectivity index (χ1) is 17.1. The Labute approximate surface area is 205 Å². The van der Waals surface area contributed by atoms with Crippen LogP contribution in [-0.2, 0) is 27.2 Å². The Hall–Kier alpha value is -2.84. The van der Waals surface area contributed by atoms with Crippen molar-refractivity contribution in [2.75, 3.05) is 57.5 Å². The van der Waals surface area contributed by atoms with Crippen LogP contribution in [0.1, 0.15) is 24.0 Å². The number of pyridine rings is 1. The number of aromatic nitrogens is 1. The largest absolute Gasteiger partial charge is 0.476 e. The van der Waals surface area contributed by atoms with Crippen molar-refractivity contribution >= 4 is 11.6 Å². The van der Waals surface area contributed by atoms with E-state index in [1.807, 2.05) is 11.8 Å². The molecule has 8 heteroatoms. The third-order valence-corrected chi connectivity index (χ3v) is 7.65. The Balaban J connectivity index is 1.22. The highest BCUT2D eigenvalue weighted by molar-refractivity contribution is 5.81. The summed E-state index contributed by atoms with van der Waals surface area (Å²) in [5.41, 5.74) is 5.22. The van der Waals surface area contributed by atoms with Gasteiger partial charge in [-0.05, 0) is 43.9 Å². The van der Waals surface area contributed by atoms with Gasteiger partial charge in [0, 0.05) is 61.5 Å². The second-order valence-corrected chi connectivity index (χ2v) is 10.0. The number of ether oxygens (including phenoxy) is 3. The number of fused-ring (bicyclic) bond motifs is 3. The molecule has 1 saturated carbocycles. The summed E-state index contributed by atoms with van der Waals surface area (Å²) in [6.07, 6.45) is 2.87. The SMILES string of the molecule is Cc1c2n(c(OC[C@@H]3COCCO3)cc1=O)CCc1cc(N3CCN(C(=O)C4CC4)CC3)ccc1-2. The molecule has 4 aliphatic rings. The fraction of sp³-hybridized carbons (Fsp3) is 0.556. The monoisotopic (exact) mass is 479 g/mol. The normalized spacial score (nSPS) is 21.9. The number of benzene rings is 1. The second kappa shape index (κ2) is 9.32. The molecule has 3 fully saturated rings. The van der Waals surface area contributed by atoms with Gasteiger partial charge in [-0.25, -0.2) is 0 Å². The number of hydrogen-bond acceptors (Lipinski definition) is 6. The van der Waals surface area contributed by atoms with Crippen LogP contribution >= 0.6 is 0 Å². The van der Waals surface area contributed by atoms with Crippen LogP contribution < -0.4 is 15.1 Å². The molecule has 0 spiro atoms. The lowest BCUT2D eigenvalue weighted by atomic mass is 9.93. The Bertz CT molecular complexity index is 1170. The predicted octanol–water partition coefficient (Wildman–Crippen LogP) is 2.23. The van der Waals surface area contributed by atoms with E-state index in [0.29, 0.717) is 38.2 Å².